The summed E-state index contributed by atoms with van der Waals surface area (Å²) in [5.41, 5.74) is 9.02. The Balaban J connectivity index is 1.19. The van der Waals surface area contributed by atoms with Crippen LogP contribution in [0.15, 0.2) is 34.4 Å². The summed E-state index contributed by atoms with van der Waals surface area (Å²) in [6.07, 6.45) is 4.33. The lowest BCUT2D eigenvalue weighted by atomic mass is 9.91. The zero-order valence-electron chi connectivity index (χ0n) is 21.8. The van der Waals surface area contributed by atoms with Gasteiger partial charge in [0.15, 0.2) is 5.43 Å². The molecule has 0 bridgehead atoms. The summed E-state index contributed by atoms with van der Waals surface area (Å²) < 4.78 is 7.30. The van der Waals surface area contributed by atoms with Gasteiger partial charge in [-0.25, -0.2) is 4.98 Å². The van der Waals surface area contributed by atoms with Crippen molar-refractivity contribution in [3.63, 3.8) is 0 Å². The number of morpholine rings is 1. The van der Waals surface area contributed by atoms with Crippen molar-refractivity contribution in [1.82, 2.24) is 10.3 Å². The molecule has 1 saturated heterocycles. The van der Waals surface area contributed by atoms with E-state index in [1.54, 1.807) is 28.7 Å². The Morgan fingerprint density at radius 1 is 1.07 bits per heavy atom. The molecule has 5 N–H and O–H groups in total. The first-order chi connectivity index (χ1) is 19.5. The van der Waals surface area contributed by atoms with Gasteiger partial charge >= 0.3 is 0 Å². The Labute approximate surface area is 243 Å². The van der Waals surface area contributed by atoms with Crippen LogP contribution in [0.5, 0.6) is 0 Å². The topological polar surface area (TPSA) is 122 Å². The van der Waals surface area contributed by atoms with E-state index >= 15 is 0 Å². The Morgan fingerprint density at radius 2 is 1.93 bits per heavy atom. The van der Waals surface area contributed by atoms with Crippen molar-refractivity contribution in [2.45, 2.75) is 44.3 Å². The summed E-state index contributed by atoms with van der Waals surface area (Å²) in [5.74, 6) is 1.16. The van der Waals surface area contributed by atoms with E-state index in [-0.39, 0.29) is 23.4 Å². The SMILES string of the molecule is N[C@@H]1CCCC[C@@H]1Nc1cc2c(c(Nc3ccc(-c4csc5c(=O)cc(N6CCOCC6)sc45)s3)n1)C(=O)NC2. The summed E-state index contributed by atoms with van der Waals surface area (Å²) in [7, 11) is 0. The van der Waals surface area contributed by atoms with Gasteiger partial charge in [0, 0.05) is 53.6 Å². The fourth-order valence-corrected chi connectivity index (χ4v) is 9.10. The summed E-state index contributed by atoms with van der Waals surface area (Å²) in [6, 6.07) is 8.07. The van der Waals surface area contributed by atoms with Crippen LogP contribution in [0.25, 0.3) is 19.8 Å². The van der Waals surface area contributed by atoms with Crippen molar-refractivity contribution in [3.8, 4) is 10.4 Å². The van der Waals surface area contributed by atoms with Crippen LogP contribution in [0.3, 0.4) is 0 Å². The molecule has 2 fully saturated rings. The number of hydrogen-bond donors (Lipinski definition) is 4. The molecular formula is C28H30N6O3S3. The molecule has 6 heterocycles. The largest absolute Gasteiger partial charge is 0.378 e. The molecule has 1 amide bonds. The number of fused-ring (bicyclic) bond motifs is 2. The van der Waals surface area contributed by atoms with Crippen LogP contribution >= 0.6 is 34.0 Å². The minimum atomic E-state index is -0.119. The lowest BCUT2D eigenvalue weighted by Crippen LogP contribution is -2.42. The number of hydrogen-bond acceptors (Lipinski definition) is 11. The van der Waals surface area contributed by atoms with E-state index in [1.165, 1.54) is 11.3 Å². The molecule has 9 nitrogen and oxygen atoms in total. The van der Waals surface area contributed by atoms with Crippen LogP contribution in [-0.4, -0.2) is 49.3 Å². The molecule has 0 unspecified atom stereocenters. The van der Waals surface area contributed by atoms with Crippen molar-refractivity contribution >= 4 is 71.0 Å². The smallest absolute Gasteiger partial charge is 0.255 e. The number of thiophene rings is 2. The Kier molecular flexibility index (Phi) is 6.96. The molecule has 4 aromatic heterocycles. The predicted molar refractivity (Wildman–Crippen MR) is 165 cm³/mol. The van der Waals surface area contributed by atoms with E-state index in [9.17, 15) is 9.59 Å². The number of rotatable bonds is 6. The van der Waals surface area contributed by atoms with Gasteiger partial charge in [-0.2, -0.15) is 0 Å². The summed E-state index contributed by atoms with van der Waals surface area (Å²) >= 11 is 4.75. The molecule has 12 heteroatoms. The minimum Gasteiger partial charge on any atom is -0.378 e. The number of anilines is 4. The molecule has 208 valence electrons. The fraction of sp³-hybridized carbons (Fsp3) is 0.393. The first-order valence-corrected chi connectivity index (χ1v) is 16.1. The monoisotopic (exact) mass is 594 g/mol. The highest BCUT2D eigenvalue weighted by Gasteiger charge is 2.28. The van der Waals surface area contributed by atoms with Gasteiger partial charge in [-0.15, -0.1) is 34.0 Å². The zero-order chi connectivity index (χ0) is 27.2. The highest BCUT2D eigenvalue weighted by molar-refractivity contribution is 7.29. The normalized spacial score (nSPS) is 20.9. The molecule has 3 aliphatic rings. The second-order valence-corrected chi connectivity index (χ2v) is 13.4. The van der Waals surface area contributed by atoms with Crippen LogP contribution in [-0.2, 0) is 11.3 Å². The molecule has 4 aromatic rings. The maximum atomic E-state index is 13.0. The molecule has 1 saturated carbocycles. The number of carbonyl (C=O) groups excluding carboxylic acids is 1. The van der Waals surface area contributed by atoms with E-state index in [0.29, 0.717) is 31.1 Å². The molecule has 0 aromatic carbocycles. The van der Waals surface area contributed by atoms with Crippen molar-refractivity contribution in [2.75, 3.05) is 41.8 Å². The highest BCUT2D eigenvalue weighted by Crippen LogP contribution is 2.43. The number of nitrogens with two attached hydrogens (primary N) is 1. The van der Waals surface area contributed by atoms with Crippen molar-refractivity contribution in [3.05, 3.63) is 51.0 Å². The Hall–Kier alpha value is -3.03. The van der Waals surface area contributed by atoms with E-state index in [0.717, 1.165) is 80.0 Å². The van der Waals surface area contributed by atoms with Gasteiger partial charge < -0.3 is 31.3 Å². The van der Waals surface area contributed by atoms with Crippen LogP contribution in [0, 0.1) is 0 Å². The quantitative estimate of drug-likeness (QED) is 0.247. The summed E-state index contributed by atoms with van der Waals surface area (Å²) in [6.45, 7) is 3.42. The van der Waals surface area contributed by atoms with Gasteiger partial charge in [-0.05, 0) is 36.6 Å². The maximum absolute atomic E-state index is 13.0. The highest BCUT2D eigenvalue weighted by atomic mass is 32.1. The van der Waals surface area contributed by atoms with Crippen LogP contribution in [0.2, 0.25) is 0 Å². The molecule has 40 heavy (non-hydrogen) atoms. The second kappa shape index (κ2) is 10.7. The second-order valence-electron chi connectivity index (χ2n) is 10.4. The number of aromatic nitrogens is 1. The van der Waals surface area contributed by atoms with E-state index < -0.39 is 0 Å². The molecule has 0 radical (unpaired) electrons. The summed E-state index contributed by atoms with van der Waals surface area (Å²) in [5, 5.41) is 13.8. The molecule has 2 atom stereocenters. The standard InChI is InChI=1S/C28H30N6O3S3/c29-17-3-1-2-4-18(17)31-21-11-15-13-30-28(36)24(15)27(32-21)33-22-6-5-20(39-22)16-14-38-26-19(35)12-23(40-25(16)26)34-7-9-37-10-8-34/h5-6,11-12,14,17-18H,1-4,7-10,13,29H2,(H,30,36)(H2,31,32,33)/t17-,18+/m1/s1. The third kappa shape index (κ3) is 4.88. The number of nitrogens with zero attached hydrogens (tertiary/aromatic N) is 2. The molecule has 2 aliphatic heterocycles. The molecule has 7 rings (SSSR count). The average molecular weight is 595 g/mol. The first kappa shape index (κ1) is 25.9. The van der Waals surface area contributed by atoms with Gasteiger partial charge in [0.05, 0.1) is 38.2 Å². The van der Waals surface area contributed by atoms with Crippen molar-refractivity contribution < 1.29 is 9.53 Å². The van der Waals surface area contributed by atoms with Gasteiger partial charge in [-0.3, -0.25) is 9.59 Å². The van der Waals surface area contributed by atoms with Crippen molar-refractivity contribution in [2.24, 2.45) is 5.73 Å². The average Bonchev–Trinajstić information content (AvgIpc) is 3.69. The van der Waals surface area contributed by atoms with E-state index in [4.69, 9.17) is 15.5 Å². The minimum absolute atomic E-state index is 0.0640. The van der Waals surface area contributed by atoms with Gasteiger partial charge in [0.2, 0.25) is 0 Å². The van der Waals surface area contributed by atoms with Crippen LogP contribution < -0.4 is 32.0 Å². The van der Waals surface area contributed by atoms with Gasteiger partial charge in [0.1, 0.15) is 11.6 Å². The van der Waals surface area contributed by atoms with Gasteiger partial charge in [-0.1, -0.05) is 12.8 Å². The molecule has 0 spiro atoms. The zero-order valence-corrected chi connectivity index (χ0v) is 24.3. The van der Waals surface area contributed by atoms with Crippen LogP contribution in [0.4, 0.5) is 21.6 Å². The number of nitrogens with one attached hydrogen (secondary N) is 3. The number of ether oxygens (including phenoxy) is 1. The predicted octanol–water partition coefficient (Wildman–Crippen LogP) is 4.95. The Bertz CT molecular complexity index is 1640. The third-order valence-corrected chi connectivity index (χ3v) is 11.2. The lowest BCUT2D eigenvalue weighted by molar-refractivity contribution is 0.0966. The van der Waals surface area contributed by atoms with Crippen LogP contribution in [0.1, 0.15) is 41.6 Å². The first-order valence-electron chi connectivity index (χ1n) is 13.6. The van der Waals surface area contributed by atoms with E-state index in [2.05, 4.69) is 32.3 Å². The number of amides is 1. The Morgan fingerprint density at radius 3 is 2.77 bits per heavy atom. The van der Waals surface area contributed by atoms with Crippen molar-refractivity contribution in [1.29, 1.82) is 0 Å². The van der Waals surface area contributed by atoms with E-state index in [1.807, 2.05) is 12.1 Å². The van der Waals surface area contributed by atoms with Gasteiger partial charge in [0.25, 0.3) is 5.91 Å². The molecule has 1 aliphatic carbocycles. The lowest BCUT2D eigenvalue weighted by Gasteiger charge is -2.30. The number of pyridine rings is 1. The third-order valence-electron chi connectivity index (χ3n) is 7.79. The maximum Gasteiger partial charge on any atom is 0.255 e. The summed E-state index contributed by atoms with van der Waals surface area (Å²) in [4.78, 5) is 33.8. The molecular weight excluding hydrogens is 565 g/mol. The number of carbonyl (C=O) groups is 1. The fourth-order valence-electron chi connectivity index (χ4n) is 5.65.